The molecular formula is C27H31FN2O3. The van der Waals surface area contributed by atoms with Crippen LogP contribution in [0.5, 0.6) is 0 Å². The zero-order chi connectivity index (χ0) is 23.8. The van der Waals surface area contributed by atoms with Crippen LogP contribution in [0.3, 0.4) is 0 Å². The van der Waals surface area contributed by atoms with Crippen LogP contribution in [0.15, 0.2) is 71.1 Å². The number of carbonyl (C=O) groups is 2. The third-order valence-electron chi connectivity index (χ3n) is 5.79. The Kier molecular flexibility index (Phi) is 8.41. The van der Waals surface area contributed by atoms with E-state index < -0.39 is 5.82 Å². The normalized spacial score (nSPS) is 11.8. The lowest BCUT2D eigenvalue weighted by Gasteiger charge is -2.31. The van der Waals surface area contributed by atoms with Gasteiger partial charge in [0, 0.05) is 18.2 Å². The molecule has 0 saturated carbocycles. The van der Waals surface area contributed by atoms with Gasteiger partial charge in [0.05, 0.1) is 6.54 Å². The number of amides is 2. The van der Waals surface area contributed by atoms with E-state index in [9.17, 15) is 14.0 Å². The van der Waals surface area contributed by atoms with E-state index in [-0.39, 0.29) is 24.4 Å². The quantitative estimate of drug-likeness (QED) is 0.425. The van der Waals surface area contributed by atoms with Gasteiger partial charge >= 0.3 is 0 Å². The van der Waals surface area contributed by atoms with Crippen molar-refractivity contribution in [3.63, 3.8) is 0 Å². The topological polar surface area (TPSA) is 53.8 Å². The summed E-state index contributed by atoms with van der Waals surface area (Å²) in [4.78, 5) is 29.9. The lowest BCUT2D eigenvalue weighted by Crippen LogP contribution is -2.46. The molecule has 0 spiro atoms. The molecule has 3 aromatic rings. The third-order valence-corrected chi connectivity index (χ3v) is 5.79. The van der Waals surface area contributed by atoms with Gasteiger partial charge in [-0.1, -0.05) is 37.3 Å². The number of hydrogen-bond acceptors (Lipinski definition) is 3. The minimum atomic E-state index is -0.404. The molecule has 0 aliphatic rings. The van der Waals surface area contributed by atoms with Gasteiger partial charge in [0.15, 0.2) is 0 Å². The molecule has 2 aromatic carbocycles. The molecule has 0 saturated heterocycles. The summed E-state index contributed by atoms with van der Waals surface area (Å²) in [6.07, 6.45) is 1.39. The maximum atomic E-state index is 13.4. The number of nitrogens with zero attached hydrogens (tertiary/aromatic N) is 2. The first-order chi connectivity index (χ1) is 15.9. The fraction of sp³-hybridized carbons (Fsp3) is 0.333. The van der Waals surface area contributed by atoms with Crippen molar-refractivity contribution < 1.29 is 18.4 Å². The highest BCUT2D eigenvalue weighted by Gasteiger charge is 2.26. The Morgan fingerprint density at radius 2 is 1.70 bits per heavy atom. The van der Waals surface area contributed by atoms with Crippen molar-refractivity contribution in [2.24, 2.45) is 0 Å². The molecule has 0 radical (unpaired) electrons. The molecule has 0 fully saturated rings. The van der Waals surface area contributed by atoms with Crippen LogP contribution in [0, 0.1) is 12.7 Å². The third kappa shape index (κ3) is 6.78. The van der Waals surface area contributed by atoms with Crippen molar-refractivity contribution >= 4 is 11.8 Å². The predicted octanol–water partition coefficient (Wildman–Crippen LogP) is 5.24. The fourth-order valence-corrected chi connectivity index (χ4v) is 3.61. The van der Waals surface area contributed by atoms with Crippen molar-refractivity contribution in [3.05, 3.63) is 95.2 Å². The fourth-order valence-electron chi connectivity index (χ4n) is 3.61. The second-order valence-electron chi connectivity index (χ2n) is 8.26. The molecule has 1 atom stereocenters. The molecule has 0 unspecified atom stereocenters. The second kappa shape index (κ2) is 11.5. The van der Waals surface area contributed by atoms with Crippen molar-refractivity contribution in [1.29, 1.82) is 0 Å². The van der Waals surface area contributed by atoms with Crippen LogP contribution < -0.4 is 0 Å². The molecule has 6 heteroatoms. The molecule has 5 nitrogen and oxygen atoms in total. The maximum Gasteiger partial charge on any atom is 0.254 e. The van der Waals surface area contributed by atoms with Gasteiger partial charge in [-0.2, -0.15) is 0 Å². The van der Waals surface area contributed by atoms with Crippen LogP contribution in [-0.4, -0.2) is 40.7 Å². The van der Waals surface area contributed by atoms with E-state index in [0.29, 0.717) is 37.3 Å². The van der Waals surface area contributed by atoms with Gasteiger partial charge in [-0.15, -0.1) is 0 Å². The van der Waals surface area contributed by atoms with Crippen molar-refractivity contribution in [1.82, 2.24) is 9.80 Å². The highest BCUT2D eigenvalue weighted by atomic mass is 19.1. The number of halogens is 1. The lowest BCUT2D eigenvalue weighted by atomic mass is 10.1. The zero-order valence-electron chi connectivity index (χ0n) is 19.5. The smallest absolute Gasteiger partial charge is 0.254 e. The Balaban J connectivity index is 1.78. The Morgan fingerprint density at radius 3 is 2.30 bits per heavy atom. The number of furan rings is 1. The molecule has 33 heavy (non-hydrogen) atoms. The van der Waals surface area contributed by atoms with Crippen LogP contribution in [0.1, 0.15) is 47.7 Å². The van der Waals surface area contributed by atoms with Gasteiger partial charge in [0.2, 0.25) is 5.91 Å². The standard InChI is InChI=1S/C27H31FN2O3/c1-4-20(2)30(27(32)23-11-13-24(28)14-12-23)19-26(31)29(18-25-15-10-21(3)33-25)17-16-22-8-6-5-7-9-22/h5-15,20H,4,16-19H2,1-3H3/t20-/m0/s1. The summed E-state index contributed by atoms with van der Waals surface area (Å²) in [6, 6.07) is 19.0. The van der Waals surface area contributed by atoms with Crippen LogP contribution >= 0.6 is 0 Å². The highest BCUT2D eigenvalue weighted by Crippen LogP contribution is 2.15. The molecule has 1 heterocycles. The summed E-state index contributed by atoms with van der Waals surface area (Å²) in [6.45, 7) is 6.53. The van der Waals surface area contributed by atoms with E-state index in [4.69, 9.17) is 4.42 Å². The van der Waals surface area contributed by atoms with E-state index in [2.05, 4.69) is 0 Å². The van der Waals surface area contributed by atoms with E-state index in [1.54, 1.807) is 9.80 Å². The average molecular weight is 451 g/mol. The largest absolute Gasteiger partial charge is 0.464 e. The summed E-state index contributed by atoms with van der Waals surface area (Å²) < 4.78 is 19.0. The number of rotatable bonds is 10. The van der Waals surface area contributed by atoms with Crippen LogP contribution in [0.2, 0.25) is 0 Å². The second-order valence-corrected chi connectivity index (χ2v) is 8.26. The first-order valence-electron chi connectivity index (χ1n) is 11.3. The lowest BCUT2D eigenvalue weighted by molar-refractivity contribution is -0.133. The van der Waals surface area contributed by atoms with Crippen molar-refractivity contribution in [2.45, 2.75) is 46.2 Å². The molecule has 0 bridgehead atoms. The number of aryl methyl sites for hydroxylation is 1. The van der Waals surface area contributed by atoms with Crippen molar-refractivity contribution in [2.75, 3.05) is 13.1 Å². The minimum Gasteiger partial charge on any atom is -0.464 e. The summed E-state index contributed by atoms with van der Waals surface area (Å²) in [5, 5.41) is 0. The Morgan fingerprint density at radius 1 is 1.00 bits per heavy atom. The average Bonchev–Trinajstić information content (AvgIpc) is 3.24. The van der Waals surface area contributed by atoms with Gasteiger partial charge < -0.3 is 14.2 Å². The zero-order valence-corrected chi connectivity index (χ0v) is 19.5. The number of hydrogen-bond donors (Lipinski definition) is 0. The molecule has 0 aliphatic carbocycles. The van der Waals surface area contributed by atoms with Crippen LogP contribution in [-0.2, 0) is 17.8 Å². The molecular weight excluding hydrogens is 419 g/mol. The van der Waals surface area contributed by atoms with E-state index in [1.807, 2.05) is 63.2 Å². The highest BCUT2D eigenvalue weighted by molar-refractivity contribution is 5.96. The molecule has 174 valence electrons. The predicted molar refractivity (Wildman–Crippen MR) is 126 cm³/mol. The Hall–Kier alpha value is -3.41. The summed E-state index contributed by atoms with van der Waals surface area (Å²) >= 11 is 0. The minimum absolute atomic E-state index is 0.0559. The summed E-state index contributed by atoms with van der Waals surface area (Å²) in [7, 11) is 0. The molecule has 0 N–H and O–H groups in total. The van der Waals surface area contributed by atoms with Crippen LogP contribution in [0.25, 0.3) is 0 Å². The molecule has 2 amide bonds. The molecule has 3 rings (SSSR count). The first-order valence-corrected chi connectivity index (χ1v) is 11.3. The van der Waals surface area contributed by atoms with E-state index >= 15 is 0 Å². The number of carbonyl (C=O) groups excluding carboxylic acids is 2. The SMILES string of the molecule is CC[C@H](C)N(CC(=O)N(CCc1ccccc1)Cc1ccc(C)o1)C(=O)c1ccc(F)cc1. The molecule has 1 aromatic heterocycles. The van der Waals surface area contributed by atoms with Gasteiger partial charge in [0.25, 0.3) is 5.91 Å². The Bertz CT molecular complexity index is 1050. The Labute approximate surface area is 194 Å². The maximum absolute atomic E-state index is 13.4. The van der Waals surface area contributed by atoms with E-state index in [1.165, 1.54) is 24.3 Å². The van der Waals surface area contributed by atoms with Gasteiger partial charge in [-0.05, 0) is 68.7 Å². The first kappa shape index (κ1) is 24.2. The van der Waals surface area contributed by atoms with Gasteiger partial charge in [-0.3, -0.25) is 9.59 Å². The van der Waals surface area contributed by atoms with Crippen LogP contribution in [0.4, 0.5) is 4.39 Å². The van der Waals surface area contributed by atoms with Crippen molar-refractivity contribution in [3.8, 4) is 0 Å². The van der Waals surface area contributed by atoms with Gasteiger partial charge in [0.1, 0.15) is 23.9 Å². The summed E-state index contributed by atoms with van der Waals surface area (Å²) in [5.74, 6) is 0.644. The van der Waals surface area contributed by atoms with Gasteiger partial charge in [-0.25, -0.2) is 4.39 Å². The monoisotopic (exact) mass is 450 g/mol. The van der Waals surface area contributed by atoms with E-state index in [0.717, 1.165) is 11.3 Å². The number of benzene rings is 2. The summed E-state index contributed by atoms with van der Waals surface area (Å²) in [5.41, 5.74) is 1.49. The molecule has 0 aliphatic heterocycles.